The summed E-state index contributed by atoms with van der Waals surface area (Å²) in [4.78, 5) is 4.15. The lowest BCUT2D eigenvalue weighted by Crippen LogP contribution is -2.45. The largest absolute Gasteiger partial charge is 0.393 e. The fourth-order valence-corrected chi connectivity index (χ4v) is 2.91. The summed E-state index contributed by atoms with van der Waals surface area (Å²) in [6, 6.07) is -0.511. The first-order valence-corrected chi connectivity index (χ1v) is 7.54. The molecule has 0 aromatic carbocycles. The summed E-state index contributed by atoms with van der Waals surface area (Å²) in [5.74, 6) is -0.119. The molecule has 1 aliphatic carbocycles. The van der Waals surface area contributed by atoms with Crippen LogP contribution in [-0.2, 0) is 13.1 Å². The number of nitrogens with one attached hydrogen (secondary N) is 1. The first-order chi connectivity index (χ1) is 9.88. The Labute approximate surface area is 123 Å². The van der Waals surface area contributed by atoms with Crippen LogP contribution in [0.25, 0.3) is 0 Å². The van der Waals surface area contributed by atoms with E-state index in [9.17, 15) is 13.2 Å². The van der Waals surface area contributed by atoms with Gasteiger partial charge in [0.25, 0.3) is 0 Å². The van der Waals surface area contributed by atoms with E-state index in [-0.39, 0.29) is 6.42 Å². The molecule has 0 bridgehead atoms. The van der Waals surface area contributed by atoms with Crippen molar-refractivity contribution in [3.05, 3.63) is 12.2 Å². The maximum Gasteiger partial charge on any atom is 0.393 e. The van der Waals surface area contributed by atoms with E-state index in [4.69, 9.17) is 0 Å². The van der Waals surface area contributed by atoms with E-state index in [1.54, 1.807) is 4.68 Å². The zero-order chi connectivity index (χ0) is 15.5. The van der Waals surface area contributed by atoms with Crippen LogP contribution in [-0.4, -0.2) is 27.0 Å². The van der Waals surface area contributed by atoms with Crippen molar-refractivity contribution >= 4 is 0 Å². The monoisotopic (exact) mass is 304 g/mol. The van der Waals surface area contributed by atoms with Crippen LogP contribution >= 0.6 is 0 Å². The first kappa shape index (κ1) is 16.3. The Bertz CT molecular complexity index is 442. The van der Waals surface area contributed by atoms with Gasteiger partial charge in [-0.25, -0.2) is 9.67 Å². The molecule has 7 heteroatoms. The van der Waals surface area contributed by atoms with Crippen LogP contribution in [0.3, 0.4) is 0 Å². The standard InChI is InChI=1S/C14H23F3N4/c1-10(2)8-21-13(19-9-20-21)7-18-12-6-4-3-5-11(12)14(15,16)17/h9-12,18H,3-8H2,1-2H3. The smallest absolute Gasteiger partial charge is 0.306 e. The van der Waals surface area contributed by atoms with Crippen LogP contribution in [0, 0.1) is 11.8 Å². The van der Waals surface area contributed by atoms with E-state index in [1.165, 1.54) is 6.33 Å². The van der Waals surface area contributed by atoms with E-state index >= 15 is 0 Å². The number of halogens is 3. The summed E-state index contributed by atoms with van der Waals surface area (Å²) in [5, 5.41) is 7.18. The highest BCUT2D eigenvalue weighted by atomic mass is 19.4. The average Bonchev–Trinajstić information content (AvgIpc) is 2.82. The molecule has 1 fully saturated rings. The molecular weight excluding hydrogens is 281 g/mol. The molecule has 0 spiro atoms. The molecule has 2 rings (SSSR count). The van der Waals surface area contributed by atoms with Crippen LogP contribution in [0.5, 0.6) is 0 Å². The Kier molecular flexibility index (Phi) is 5.24. The molecule has 1 saturated carbocycles. The van der Waals surface area contributed by atoms with Crippen LogP contribution < -0.4 is 5.32 Å². The van der Waals surface area contributed by atoms with Gasteiger partial charge >= 0.3 is 6.18 Å². The van der Waals surface area contributed by atoms with Gasteiger partial charge in [-0.15, -0.1) is 0 Å². The van der Waals surface area contributed by atoms with Gasteiger partial charge < -0.3 is 5.32 Å². The van der Waals surface area contributed by atoms with Crippen molar-refractivity contribution in [1.29, 1.82) is 0 Å². The molecule has 1 aromatic rings. The first-order valence-electron chi connectivity index (χ1n) is 7.54. The maximum absolute atomic E-state index is 13.0. The Balaban J connectivity index is 1.96. The number of aromatic nitrogens is 3. The second-order valence-corrected chi connectivity index (χ2v) is 6.17. The van der Waals surface area contributed by atoms with Gasteiger partial charge in [-0.2, -0.15) is 18.3 Å². The SMILES string of the molecule is CC(C)Cn1ncnc1CNC1CCCCC1C(F)(F)F. The van der Waals surface area contributed by atoms with Crippen molar-refractivity contribution in [3.8, 4) is 0 Å². The molecule has 21 heavy (non-hydrogen) atoms. The normalized spacial score (nSPS) is 23.7. The third-order valence-electron chi connectivity index (χ3n) is 3.94. The third kappa shape index (κ3) is 4.43. The van der Waals surface area contributed by atoms with Crippen molar-refractivity contribution < 1.29 is 13.2 Å². The predicted molar refractivity (Wildman–Crippen MR) is 73.5 cm³/mol. The Morgan fingerprint density at radius 2 is 2.05 bits per heavy atom. The molecule has 0 aliphatic heterocycles. The van der Waals surface area contributed by atoms with Crippen molar-refractivity contribution in [1.82, 2.24) is 20.1 Å². The lowest BCUT2D eigenvalue weighted by Gasteiger charge is -2.33. The molecule has 1 aliphatic rings. The molecule has 0 radical (unpaired) electrons. The van der Waals surface area contributed by atoms with Gasteiger partial charge in [0.15, 0.2) is 0 Å². The molecule has 2 atom stereocenters. The molecular formula is C14H23F3N4. The molecule has 120 valence electrons. The van der Waals surface area contributed by atoms with E-state index in [1.807, 2.05) is 0 Å². The summed E-state index contributed by atoms with van der Waals surface area (Å²) >= 11 is 0. The van der Waals surface area contributed by atoms with Crippen LogP contribution in [0.15, 0.2) is 6.33 Å². The number of hydrogen-bond acceptors (Lipinski definition) is 3. The minimum absolute atomic E-state index is 0.222. The molecule has 1 heterocycles. The quantitative estimate of drug-likeness (QED) is 0.908. The lowest BCUT2D eigenvalue weighted by atomic mass is 9.84. The second-order valence-electron chi connectivity index (χ2n) is 6.17. The van der Waals surface area contributed by atoms with Gasteiger partial charge in [0.05, 0.1) is 12.5 Å². The Morgan fingerprint density at radius 3 is 2.71 bits per heavy atom. The summed E-state index contributed by atoms with van der Waals surface area (Å²) in [5.41, 5.74) is 0. The fourth-order valence-electron chi connectivity index (χ4n) is 2.91. The molecule has 0 amide bonds. The van der Waals surface area contributed by atoms with Gasteiger partial charge in [0.2, 0.25) is 0 Å². The zero-order valence-corrected chi connectivity index (χ0v) is 12.5. The Hall–Kier alpha value is -1.11. The zero-order valence-electron chi connectivity index (χ0n) is 12.5. The highest BCUT2D eigenvalue weighted by molar-refractivity contribution is 4.90. The predicted octanol–water partition coefficient (Wildman–Crippen LogP) is 3.14. The number of rotatable bonds is 5. The van der Waals surface area contributed by atoms with Crippen molar-refractivity contribution in [2.45, 2.75) is 64.8 Å². The van der Waals surface area contributed by atoms with Crippen molar-refractivity contribution in [2.75, 3.05) is 0 Å². The number of hydrogen-bond donors (Lipinski definition) is 1. The Morgan fingerprint density at radius 1 is 1.33 bits per heavy atom. The molecule has 1 aromatic heterocycles. The fraction of sp³-hybridized carbons (Fsp3) is 0.857. The summed E-state index contributed by atoms with van der Waals surface area (Å²) in [7, 11) is 0. The second kappa shape index (κ2) is 6.77. The third-order valence-corrected chi connectivity index (χ3v) is 3.94. The summed E-state index contributed by atoms with van der Waals surface area (Å²) in [6.45, 7) is 5.20. The van der Waals surface area contributed by atoms with Crippen LogP contribution in [0.4, 0.5) is 13.2 Å². The van der Waals surface area contributed by atoms with Crippen LogP contribution in [0.2, 0.25) is 0 Å². The highest BCUT2D eigenvalue weighted by Crippen LogP contribution is 2.37. The van der Waals surface area contributed by atoms with Crippen LogP contribution in [0.1, 0.15) is 45.4 Å². The molecule has 0 saturated heterocycles. The summed E-state index contributed by atoms with van der Waals surface area (Å²) < 4.78 is 40.9. The number of nitrogens with zero attached hydrogens (tertiary/aromatic N) is 3. The average molecular weight is 304 g/mol. The van der Waals surface area contributed by atoms with Crippen molar-refractivity contribution in [3.63, 3.8) is 0 Å². The van der Waals surface area contributed by atoms with Gasteiger partial charge in [-0.3, -0.25) is 0 Å². The molecule has 1 N–H and O–H groups in total. The minimum Gasteiger partial charge on any atom is -0.306 e. The highest BCUT2D eigenvalue weighted by Gasteiger charge is 2.45. The van der Waals surface area contributed by atoms with E-state index in [0.29, 0.717) is 31.1 Å². The van der Waals surface area contributed by atoms with E-state index in [0.717, 1.165) is 13.0 Å². The van der Waals surface area contributed by atoms with E-state index in [2.05, 4.69) is 29.2 Å². The van der Waals surface area contributed by atoms with Gasteiger partial charge in [0.1, 0.15) is 12.2 Å². The van der Waals surface area contributed by atoms with Gasteiger partial charge in [-0.05, 0) is 18.8 Å². The molecule has 4 nitrogen and oxygen atoms in total. The van der Waals surface area contributed by atoms with Gasteiger partial charge in [-0.1, -0.05) is 26.7 Å². The van der Waals surface area contributed by atoms with E-state index < -0.39 is 18.1 Å². The minimum atomic E-state index is -4.12. The number of alkyl halides is 3. The van der Waals surface area contributed by atoms with Gasteiger partial charge in [0, 0.05) is 12.6 Å². The maximum atomic E-state index is 13.0. The topological polar surface area (TPSA) is 42.7 Å². The summed E-state index contributed by atoms with van der Waals surface area (Å²) in [6.07, 6.45) is -0.359. The lowest BCUT2D eigenvalue weighted by molar-refractivity contribution is -0.189. The molecule has 2 unspecified atom stereocenters. The van der Waals surface area contributed by atoms with Crippen molar-refractivity contribution in [2.24, 2.45) is 11.8 Å².